The number of rotatable bonds is 6. The number of sulfonamides is 1. The molecule has 0 saturated carbocycles. The van der Waals surface area contributed by atoms with Crippen LogP contribution in [0.25, 0.3) is 0 Å². The Balaban J connectivity index is 4.12. The molecule has 0 heterocycles. The summed E-state index contributed by atoms with van der Waals surface area (Å²) in [5.41, 5.74) is -0.552. The van der Waals surface area contributed by atoms with E-state index in [1.165, 1.54) is 4.31 Å². The summed E-state index contributed by atoms with van der Waals surface area (Å²) in [6.45, 7) is 8.16. The van der Waals surface area contributed by atoms with Gasteiger partial charge in [0.25, 0.3) is 0 Å². The third-order valence-electron chi connectivity index (χ3n) is 1.97. The first-order valence-electron chi connectivity index (χ1n) is 5.98. The van der Waals surface area contributed by atoms with Crippen molar-refractivity contribution in [2.75, 3.05) is 25.9 Å². The minimum Gasteiger partial charge on any atom is -0.444 e. The standard InChI is InChI=1S/C11H24N2O4S/c1-6-8-13(18(5,15)16)9-7-12-10(14)17-11(2,3)4/h6-9H2,1-5H3,(H,12,14). The third kappa shape index (κ3) is 8.30. The van der Waals surface area contributed by atoms with Gasteiger partial charge in [-0.1, -0.05) is 6.92 Å². The fraction of sp³-hybridized carbons (Fsp3) is 0.909. The molecule has 0 spiro atoms. The SMILES string of the molecule is CCCN(CCNC(=O)OC(C)(C)C)S(C)(=O)=O. The van der Waals surface area contributed by atoms with Gasteiger partial charge in [0, 0.05) is 19.6 Å². The lowest BCUT2D eigenvalue weighted by atomic mass is 10.2. The van der Waals surface area contributed by atoms with Crippen LogP contribution in [0.5, 0.6) is 0 Å². The number of nitrogens with zero attached hydrogens (tertiary/aromatic N) is 1. The summed E-state index contributed by atoms with van der Waals surface area (Å²) in [5, 5.41) is 2.53. The highest BCUT2D eigenvalue weighted by Gasteiger charge is 2.18. The Hall–Kier alpha value is -0.820. The van der Waals surface area contributed by atoms with Crippen LogP contribution in [0, 0.1) is 0 Å². The number of ether oxygens (including phenoxy) is 1. The molecule has 0 radical (unpaired) electrons. The van der Waals surface area contributed by atoms with Gasteiger partial charge in [-0.25, -0.2) is 17.5 Å². The van der Waals surface area contributed by atoms with Crippen molar-refractivity contribution in [3.63, 3.8) is 0 Å². The minimum absolute atomic E-state index is 0.238. The maximum atomic E-state index is 11.4. The molecule has 0 rings (SSSR count). The van der Waals surface area contributed by atoms with Gasteiger partial charge in [-0.2, -0.15) is 0 Å². The quantitative estimate of drug-likeness (QED) is 0.793. The average molecular weight is 280 g/mol. The molecule has 108 valence electrons. The number of alkyl carbamates (subject to hydrolysis) is 1. The molecule has 0 aromatic heterocycles. The van der Waals surface area contributed by atoms with Crippen LogP contribution < -0.4 is 5.32 Å². The lowest BCUT2D eigenvalue weighted by Gasteiger charge is -2.22. The van der Waals surface area contributed by atoms with E-state index in [4.69, 9.17) is 4.74 Å². The van der Waals surface area contributed by atoms with Gasteiger partial charge in [0.15, 0.2) is 0 Å². The zero-order chi connectivity index (χ0) is 14.4. The van der Waals surface area contributed by atoms with E-state index in [0.717, 1.165) is 12.7 Å². The predicted molar refractivity (Wildman–Crippen MR) is 70.9 cm³/mol. The van der Waals surface area contributed by atoms with Crippen LogP contribution in [-0.2, 0) is 14.8 Å². The Morgan fingerprint density at radius 3 is 2.22 bits per heavy atom. The molecule has 0 atom stereocenters. The number of nitrogens with one attached hydrogen (secondary N) is 1. The zero-order valence-corrected chi connectivity index (χ0v) is 12.6. The summed E-state index contributed by atoms with van der Waals surface area (Å²) in [6.07, 6.45) is 1.36. The average Bonchev–Trinajstić information content (AvgIpc) is 2.11. The van der Waals surface area contributed by atoms with Gasteiger partial charge in [0.1, 0.15) is 5.60 Å². The predicted octanol–water partition coefficient (Wildman–Crippen LogP) is 1.18. The first-order valence-corrected chi connectivity index (χ1v) is 7.83. The third-order valence-corrected chi connectivity index (χ3v) is 3.27. The first kappa shape index (κ1) is 17.2. The monoisotopic (exact) mass is 280 g/mol. The zero-order valence-electron chi connectivity index (χ0n) is 11.8. The lowest BCUT2D eigenvalue weighted by Crippen LogP contribution is -2.40. The van der Waals surface area contributed by atoms with Crippen molar-refractivity contribution >= 4 is 16.1 Å². The Labute approximate surface area is 110 Å². The number of hydrogen-bond acceptors (Lipinski definition) is 4. The fourth-order valence-corrected chi connectivity index (χ4v) is 2.23. The van der Waals surface area contributed by atoms with Gasteiger partial charge in [0.2, 0.25) is 10.0 Å². The van der Waals surface area contributed by atoms with Crippen LogP contribution in [0.3, 0.4) is 0 Å². The molecule has 0 unspecified atom stereocenters. The molecule has 0 fully saturated rings. The van der Waals surface area contributed by atoms with E-state index in [9.17, 15) is 13.2 Å². The van der Waals surface area contributed by atoms with E-state index in [0.29, 0.717) is 6.54 Å². The summed E-state index contributed by atoms with van der Waals surface area (Å²) in [7, 11) is -3.22. The van der Waals surface area contributed by atoms with Gasteiger partial charge in [-0.05, 0) is 27.2 Å². The second-order valence-corrected chi connectivity index (χ2v) is 7.07. The van der Waals surface area contributed by atoms with E-state index in [-0.39, 0.29) is 13.1 Å². The summed E-state index contributed by atoms with van der Waals surface area (Å²) in [6, 6.07) is 0. The first-order chi connectivity index (χ1) is 8.06. The van der Waals surface area contributed by atoms with Crippen molar-refractivity contribution in [3.05, 3.63) is 0 Å². The molecule has 0 aliphatic heterocycles. The summed E-state index contributed by atoms with van der Waals surface area (Å²) in [5.74, 6) is 0. The molecule has 0 aromatic carbocycles. The van der Waals surface area contributed by atoms with Gasteiger partial charge in [-0.15, -0.1) is 0 Å². The van der Waals surface area contributed by atoms with Crippen LogP contribution in [0.15, 0.2) is 0 Å². The van der Waals surface area contributed by atoms with Gasteiger partial charge in [0.05, 0.1) is 6.26 Å². The molecule has 0 aromatic rings. The molecule has 0 aliphatic rings. The van der Waals surface area contributed by atoms with E-state index in [1.807, 2.05) is 6.92 Å². The molecule has 0 aliphatic carbocycles. The van der Waals surface area contributed by atoms with E-state index >= 15 is 0 Å². The van der Waals surface area contributed by atoms with Gasteiger partial charge < -0.3 is 10.1 Å². The largest absolute Gasteiger partial charge is 0.444 e. The van der Waals surface area contributed by atoms with Crippen molar-refractivity contribution < 1.29 is 17.9 Å². The van der Waals surface area contributed by atoms with Crippen LogP contribution >= 0.6 is 0 Å². The smallest absolute Gasteiger partial charge is 0.407 e. The maximum absolute atomic E-state index is 11.4. The normalized spacial score (nSPS) is 12.6. The van der Waals surface area contributed by atoms with Crippen LogP contribution in [0.1, 0.15) is 34.1 Å². The minimum atomic E-state index is -3.22. The van der Waals surface area contributed by atoms with Crippen molar-refractivity contribution in [2.45, 2.75) is 39.7 Å². The number of carbonyl (C=O) groups is 1. The summed E-state index contributed by atoms with van der Waals surface area (Å²) in [4.78, 5) is 11.3. The number of amides is 1. The van der Waals surface area contributed by atoms with E-state index in [1.54, 1.807) is 20.8 Å². The molecule has 6 nitrogen and oxygen atoms in total. The molecule has 18 heavy (non-hydrogen) atoms. The molecule has 0 saturated heterocycles. The van der Waals surface area contributed by atoms with Crippen LogP contribution in [-0.4, -0.2) is 50.3 Å². The molecule has 1 amide bonds. The number of carbonyl (C=O) groups excluding carboxylic acids is 1. The Kier molecular flexibility index (Phi) is 6.62. The summed E-state index contributed by atoms with van der Waals surface area (Å²) < 4.78 is 29.2. The molecular formula is C11H24N2O4S. The van der Waals surface area contributed by atoms with Crippen molar-refractivity contribution in [1.29, 1.82) is 0 Å². The van der Waals surface area contributed by atoms with Crippen LogP contribution in [0.2, 0.25) is 0 Å². The molecule has 0 bridgehead atoms. The Morgan fingerprint density at radius 2 is 1.83 bits per heavy atom. The van der Waals surface area contributed by atoms with Gasteiger partial charge in [-0.3, -0.25) is 0 Å². The second kappa shape index (κ2) is 6.94. The molecule has 7 heteroatoms. The number of hydrogen-bond donors (Lipinski definition) is 1. The van der Waals surface area contributed by atoms with E-state index < -0.39 is 21.7 Å². The van der Waals surface area contributed by atoms with E-state index in [2.05, 4.69) is 5.32 Å². The molecular weight excluding hydrogens is 256 g/mol. The highest BCUT2D eigenvalue weighted by atomic mass is 32.2. The van der Waals surface area contributed by atoms with Crippen molar-refractivity contribution in [3.8, 4) is 0 Å². The van der Waals surface area contributed by atoms with Crippen molar-refractivity contribution in [1.82, 2.24) is 9.62 Å². The molecule has 1 N–H and O–H groups in total. The summed E-state index contributed by atoms with van der Waals surface area (Å²) >= 11 is 0. The lowest BCUT2D eigenvalue weighted by molar-refractivity contribution is 0.0525. The highest BCUT2D eigenvalue weighted by Crippen LogP contribution is 2.06. The Morgan fingerprint density at radius 1 is 1.28 bits per heavy atom. The van der Waals surface area contributed by atoms with Crippen LogP contribution in [0.4, 0.5) is 4.79 Å². The van der Waals surface area contributed by atoms with Crippen molar-refractivity contribution in [2.24, 2.45) is 0 Å². The topological polar surface area (TPSA) is 75.7 Å². The maximum Gasteiger partial charge on any atom is 0.407 e. The highest BCUT2D eigenvalue weighted by molar-refractivity contribution is 7.88. The second-order valence-electron chi connectivity index (χ2n) is 5.09. The van der Waals surface area contributed by atoms with Gasteiger partial charge >= 0.3 is 6.09 Å². The Bertz CT molecular complexity index is 360. The fourth-order valence-electron chi connectivity index (χ4n) is 1.29.